The number of ketones is 1. The predicted molar refractivity (Wildman–Crippen MR) is 126 cm³/mol. The maximum atomic E-state index is 14.8. The van der Waals surface area contributed by atoms with Gasteiger partial charge in [-0.3, -0.25) is 19.8 Å². The minimum absolute atomic E-state index is 0.0278. The third kappa shape index (κ3) is 5.27. The van der Waals surface area contributed by atoms with Gasteiger partial charge in [-0.15, -0.1) is 11.3 Å². The molecule has 1 saturated heterocycles. The van der Waals surface area contributed by atoms with E-state index in [1.165, 1.54) is 41.8 Å². The summed E-state index contributed by atoms with van der Waals surface area (Å²) in [5, 5.41) is 26.4. The van der Waals surface area contributed by atoms with Gasteiger partial charge in [-0.2, -0.15) is 22.0 Å². The number of carbonyl (C=O) groups excluding carboxylic acids is 2. The molecule has 0 bridgehead atoms. The van der Waals surface area contributed by atoms with Crippen molar-refractivity contribution in [2.24, 2.45) is 5.92 Å². The molecule has 0 aliphatic carbocycles. The fourth-order valence-electron chi connectivity index (χ4n) is 4.40. The quantitative estimate of drug-likeness (QED) is 0.164. The maximum absolute atomic E-state index is 14.8. The molecule has 2 heterocycles. The van der Waals surface area contributed by atoms with E-state index in [1.807, 2.05) is 0 Å². The number of ether oxygens (including phenoxy) is 1. The second kappa shape index (κ2) is 10.6. The molecule has 0 radical (unpaired) electrons. The first kappa shape index (κ1) is 27.9. The number of hydrogen-bond acceptors (Lipinski definition) is 7. The Hall–Kier alpha value is -4.11. The van der Waals surface area contributed by atoms with Crippen LogP contribution in [0.25, 0.3) is 0 Å². The molecular weight excluding hydrogens is 553 g/mol. The Morgan fingerprint density at radius 2 is 1.87 bits per heavy atom. The van der Waals surface area contributed by atoms with Gasteiger partial charge >= 0.3 is 18.8 Å². The summed E-state index contributed by atoms with van der Waals surface area (Å²) in [6.45, 7) is -4.30. The Balaban J connectivity index is 1.97. The zero-order valence-electron chi connectivity index (χ0n) is 19.5. The van der Waals surface area contributed by atoms with Crippen LogP contribution in [0.5, 0.6) is 5.75 Å². The van der Waals surface area contributed by atoms with Gasteiger partial charge in [0.1, 0.15) is 11.7 Å². The molecule has 0 spiro atoms. The summed E-state index contributed by atoms with van der Waals surface area (Å²) in [6, 6.07) is 8.28. The number of hydrogen-bond donors (Lipinski definition) is 2. The molecule has 2 N–H and O–H groups in total. The van der Waals surface area contributed by atoms with Crippen LogP contribution in [0.2, 0.25) is 0 Å². The highest BCUT2D eigenvalue weighted by atomic mass is 32.1. The summed E-state index contributed by atoms with van der Waals surface area (Å²) in [7, 11) is 0. The lowest BCUT2D eigenvalue weighted by Gasteiger charge is -2.51. The van der Waals surface area contributed by atoms with Crippen molar-refractivity contribution in [3.05, 3.63) is 92.2 Å². The van der Waals surface area contributed by atoms with Crippen molar-refractivity contribution in [2.45, 2.75) is 31.1 Å². The second-order valence-corrected chi connectivity index (χ2v) is 9.35. The van der Waals surface area contributed by atoms with Crippen LogP contribution in [0.15, 0.2) is 66.0 Å². The number of nitrogens with one attached hydrogen (secondary N) is 1. The molecule has 15 heteroatoms. The summed E-state index contributed by atoms with van der Waals surface area (Å²) >= 11 is 0.743. The van der Waals surface area contributed by atoms with E-state index < -0.39 is 70.8 Å². The van der Waals surface area contributed by atoms with Crippen molar-refractivity contribution in [2.75, 3.05) is 0 Å². The van der Waals surface area contributed by atoms with Gasteiger partial charge in [0.2, 0.25) is 0 Å². The Bertz CT molecular complexity index is 1370. The van der Waals surface area contributed by atoms with Gasteiger partial charge in [0.25, 0.3) is 11.4 Å². The van der Waals surface area contributed by atoms with Crippen LogP contribution in [0, 0.1) is 16.0 Å². The largest absolute Gasteiger partial charge is 0.437 e. The van der Waals surface area contributed by atoms with E-state index in [2.05, 4.69) is 10.1 Å². The zero-order chi connectivity index (χ0) is 28.5. The lowest BCUT2D eigenvalue weighted by Crippen LogP contribution is -2.73. The first-order valence-corrected chi connectivity index (χ1v) is 11.9. The Morgan fingerprint density at radius 1 is 1.18 bits per heavy atom. The van der Waals surface area contributed by atoms with E-state index in [0.717, 1.165) is 17.4 Å². The molecule has 0 unspecified atom stereocenters. The highest BCUT2D eigenvalue weighted by Crippen LogP contribution is 2.50. The summed E-state index contributed by atoms with van der Waals surface area (Å²) in [5.74, 6) is -4.71. The molecule has 1 aliphatic rings. The van der Waals surface area contributed by atoms with Gasteiger partial charge < -0.3 is 15.2 Å². The monoisotopic (exact) mass is 571 g/mol. The van der Waals surface area contributed by atoms with E-state index in [1.54, 1.807) is 6.07 Å². The first-order valence-electron chi connectivity index (χ1n) is 11.1. The molecule has 2 amide bonds. The standard InChI is InChI=1S/C24H18F5N3O6S/c25-21(26)38-16-9-8-14(32(36)37)11-15(16)19-18(20(33)17-7-4-10-39-17)23(35,24(27,28)29)31(22(34)30-19)12-13-5-2-1-3-6-13/h1-11,18-19,21,35H,12H2,(H,30,34)/t18-,19-,23+/m0/s1. The number of carbonyl (C=O) groups is 2. The van der Waals surface area contributed by atoms with E-state index in [-0.39, 0.29) is 15.3 Å². The van der Waals surface area contributed by atoms with Crippen LogP contribution >= 0.6 is 11.3 Å². The normalized spacial score (nSPS) is 21.5. The molecule has 0 saturated carbocycles. The minimum Gasteiger partial charge on any atom is -0.434 e. The fourth-order valence-corrected chi connectivity index (χ4v) is 5.10. The molecule has 39 heavy (non-hydrogen) atoms. The summed E-state index contributed by atoms with van der Waals surface area (Å²) in [6.07, 6.45) is -5.65. The molecule has 4 rings (SSSR count). The van der Waals surface area contributed by atoms with E-state index in [4.69, 9.17) is 0 Å². The van der Waals surface area contributed by atoms with Gasteiger partial charge in [-0.05, 0) is 23.1 Å². The van der Waals surface area contributed by atoms with Gasteiger partial charge in [-0.1, -0.05) is 36.4 Å². The average Bonchev–Trinajstić information content (AvgIpc) is 3.41. The second-order valence-electron chi connectivity index (χ2n) is 8.40. The maximum Gasteiger partial charge on any atom is 0.437 e. The number of Topliss-reactive ketones (excluding diaryl/α,β-unsaturated/α-hetero) is 1. The average molecular weight is 571 g/mol. The lowest BCUT2D eigenvalue weighted by molar-refractivity contribution is -0.385. The SMILES string of the molecule is O=C(c1cccs1)[C@@H]1[C@H](c2cc([N+](=O)[O-])ccc2OC(F)F)NC(=O)N(Cc2ccccc2)[C@]1(O)C(F)(F)F. The van der Waals surface area contributed by atoms with E-state index in [0.29, 0.717) is 12.1 Å². The number of nitro benzene ring substituents is 1. The number of nitro groups is 1. The molecule has 1 fully saturated rings. The van der Waals surface area contributed by atoms with Crippen molar-refractivity contribution in [1.82, 2.24) is 10.2 Å². The number of alkyl halides is 5. The summed E-state index contributed by atoms with van der Waals surface area (Å²) in [4.78, 5) is 37.0. The number of non-ortho nitro benzene ring substituents is 1. The summed E-state index contributed by atoms with van der Waals surface area (Å²) in [5.41, 5.74) is -5.47. The van der Waals surface area contributed by atoms with Crippen molar-refractivity contribution in [3.8, 4) is 5.75 Å². The molecule has 3 atom stereocenters. The smallest absolute Gasteiger partial charge is 0.434 e. The van der Waals surface area contributed by atoms with Gasteiger partial charge in [0, 0.05) is 17.7 Å². The van der Waals surface area contributed by atoms with Gasteiger partial charge in [-0.25, -0.2) is 4.79 Å². The number of urea groups is 1. The third-order valence-corrected chi connectivity index (χ3v) is 6.99. The molecule has 9 nitrogen and oxygen atoms in total. The van der Waals surface area contributed by atoms with Gasteiger partial charge in [0.05, 0.1) is 22.4 Å². The Labute approximate surface area is 220 Å². The van der Waals surface area contributed by atoms with Crippen LogP contribution in [-0.4, -0.2) is 45.3 Å². The first-order chi connectivity index (χ1) is 18.3. The number of thiophene rings is 1. The predicted octanol–water partition coefficient (Wildman–Crippen LogP) is 5.27. The number of benzene rings is 2. The van der Waals surface area contributed by atoms with Crippen LogP contribution in [0.4, 0.5) is 32.4 Å². The summed E-state index contributed by atoms with van der Waals surface area (Å²) < 4.78 is 75.2. The minimum atomic E-state index is -5.65. The van der Waals surface area contributed by atoms with Crippen LogP contribution < -0.4 is 10.1 Å². The van der Waals surface area contributed by atoms with Crippen LogP contribution in [0.1, 0.15) is 26.8 Å². The van der Waals surface area contributed by atoms with Crippen LogP contribution in [-0.2, 0) is 6.54 Å². The Kier molecular flexibility index (Phi) is 7.57. The zero-order valence-corrected chi connectivity index (χ0v) is 20.3. The topological polar surface area (TPSA) is 122 Å². The number of amides is 2. The molecular formula is C24H18F5N3O6S. The highest BCUT2D eigenvalue weighted by Gasteiger charge is 2.70. The van der Waals surface area contributed by atoms with Crippen molar-refractivity contribution in [1.29, 1.82) is 0 Å². The van der Waals surface area contributed by atoms with Crippen molar-refractivity contribution in [3.63, 3.8) is 0 Å². The molecule has 1 aliphatic heterocycles. The number of halogens is 5. The highest BCUT2D eigenvalue weighted by molar-refractivity contribution is 7.12. The molecule has 206 valence electrons. The van der Waals surface area contributed by atoms with Crippen molar-refractivity contribution < 1.29 is 46.3 Å². The Morgan fingerprint density at radius 3 is 2.44 bits per heavy atom. The molecule has 3 aromatic rings. The van der Waals surface area contributed by atoms with Crippen molar-refractivity contribution >= 4 is 28.8 Å². The molecule has 1 aromatic heterocycles. The number of aliphatic hydroxyl groups is 1. The fraction of sp³-hybridized carbons (Fsp3) is 0.250. The molecule has 2 aromatic carbocycles. The number of nitrogens with zero attached hydrogens (tertiary/aromatic N) is 2. The van der Waals surface area contributed by atoms with E-state index >= 15 is 0 Å². The number of rotatable bonds is 8. The van der Waals surface area contributed by atoms with E-state index in [9.17, 15) is 46.8 Å². The van der Waals surface area contributed by atoms with Crippen LogP contribution in [0.3, 0.4) is 0 Å². The lowest BCUT2D eigenvalue weighted by atomic mass is 9.77. The third-order valence-electron chi connectivity index (χ3n) is 6.11. The van der Waals surface area contributed by atoms with Gasteiger partial charge in [0.15, 0.2) is 5.78 Å².